The molecular weight excluding hydrogens is 196 g/mol. The summed E-state index contributed by atoms with van der Waals surface area (Å²) >= 11 is 0. The third-order valence-electron chi connectivity index (χ3n) is 3.42. The fraction of sp³-hybridized carbons (Fsp3) is 0.500. The molecule has 1 N–H and O–H groups in total. The molecule has 0 radical (unpaired) electrons. The van der Waals surface area contributed by atoms with Crippen molar-refractivity contribution in [3.8, 4) is 6.07 Å². The molecule has 0 bridgehead atoms. The van der Waals surface area contributed by atoms with Crippen molar-refractivity contribution in [1.82, 2.24) is 5.32 Å². The molecule has 0 heterocycles. The van der Waals surface area contributed by atoms with Crippen molar-refractivity contribution in [3.63, 3.8) is 0 Å². The molecule has 0 aromatic heterocycles. The summed E-state index contributed by atoms with van der Waals surface area (Å²) in [6.07, 6.45) is 3.01. The first kappa shape index (κ1) is 11.2. The highest BCUT2D eigenvalue weighted by molar-refractivity contribution is 5.34. The second-order valence-corrected chi connectivity index (χ2v) is 4.52. The number of nitriles is 1. The van der Waals surface area contributed by atoms with Gasteiger partial charge in [0.05, 0.1) is 6.07 Å². The zero-order valence-corrected chi connectivity index (χ0v) is 9.74. The number of nitrogens with zero attached hydrogens (tertiary/aromatic N) is 1. The predicted molar refractivity (Wildman–Crippen MR) is 65.1 cm³/mol. The van der Waals surface area contributed by atoms with Crippen molar-refractivity contribution < 1.29 is 0 Å². The largest absolute Gasteiger partial charge is 0.309 e. The van der Waals surface area contributed by atoms with E-state index < -0.39 is 0 Å². The van der Waals surface area contributed by atoms with E-state index in [0.717, 1.165) is 6.54 Å². The van der Waals surface area contributed by atoms with Crippen molar-refractivity contribution in [1.29, 1.82) is 5.26 Å². The molecular formula is C14H18N2. The molecule has 0 amide bonds. The van der Waals surface area contributed by atoms with Crippen LogP contribution in [-0.4, -0.2) is 6.54 Å². The van der Waals surface area contributed by atoms with Crippen LogP contribution >= 0.6 is 0 Å². The van der Waals surface area contributed by atoms with E-state index in [2.05, 4.69) is 42.6 Å². The Morgan fingerprint density at radius 1 is 1.31 bits per heavy atom. The monoisotopic (exact) mass is 214 g/mol. The van der Waals surface area contributed by atoms with Crippen molar-refractivity contribution in [2.45, 2.75) is 38.1 Å². The average Bonchev–Trinajstić information content (AvgIpc) is 2.33. The molecule has 0 saturated heterocycles. The number of fused-ring (bicyclic) bond motifs is 1. The standard InChI is InChI=1S/C14H18N2/c1-11-7-8-14(16-10-4-9-15)13-6-3-2-5-12(11)13/h2-3,5-6,11,14,16H,4,7-8,10H2,1H3. The van der Waals surface area contributed by atoms with Crippen LogP contribution in [0.4, 0.5) is 0 Å². The minimum absolute atomic E-state index is 0.445. The van der Waals surface area contributed by atoms with Gasteiger partial charge in [-0.1, -0.05) is 31.2 Å². The van der Waals surface area contributed by atoms with Crippen LogP contribution in [-0.2, 0) is 0 Å². The molecule has 2 atom stereocenters. The van der Waals surface area contributed by atoms with E-state index in [1.807, 2.05) is 0 Å². The first-order valence-corrected chi connectivity index (χ1v) is 6.02. The fourth-order valence-electron chi connectivity index (χ4n) is 2.52. The van der Waals surface area contributed by atoms with Gasteiger partial charge < -0.3 is 5.32 Å². The molecule has 1 aliphatic rings. The Morgan fingerprint density at radius 2 is 2.06 bits per heavy atom. The lowest BCUT2D eigenvalue weighted by Gasteiger charge is -2.30. The molecule has 1 aliphatic carbocycles. The summed E-state index contributed by atoms with van der Waals surface area (Å²) in [5, 5.41) is 12.0. The van der Waals surface area contributed by atoms with Gasteiger partial charge in [-0.05, 0) is 29.9 Å². The van der Waals surface area contributed by atoms with E-state index in [9.17, 15) is 0 Å². The summed E-state index contributed by atoms with van der Waals surface area (Å²) in [5.74, 6) is 0.671. The van der Waals surface area contributed by atoms with E-state index in [1.54, 1.807) is 0 Å². The minimum Gasteiger partial charge on any atom is -0.309 e. The van der Waals surface area contributed by atoms with E-state index in [4.69, 9.17) is 5.26 Å². The van der Waals surface area contributed by atoms with Crippen molar-refractivity contribution in [2.24, 2.45) is 0 Å². The van der Waals surface area contributed by atoms with Gasteiger partial charge in [0.15, 0.2) is 0 Å². The van der Waals surface area contributed by atoms with Crippen LogP contribution in [0.15, 0.2) is 24.3 Å². The number of rotatable bonds is 3. The Balaban J connectivity index is 2.12. The molecule has 2 rings (SSSR count). The summed E-state index contributed by atoms with van der Waals surface area (Å²) in [6, 6.07) is 11.3. The van der Waals surface area contributed by atoms with Gasteiger partial charge in [-0.25, -0.2) is 0 Å². The van der Waals surface area contributed by atoms with Crippen molar-refractivity contribution >= 4 is 0 Å². The zero-order chi connectivity index (χ0) is 11.4. The van der Waals surface area contributed by atoms with Gasteiger partial charge in [0.2, 0.25) is 0 Å². The van der Waals surface area contributed by atoms with Crippen LogP contribution < -0.4 is 5.32 Å². The highest BCUT2D eigenvalue weighted by Gasteiger charge is 2.23. The smallest absolute Gasteiger partial charge is 0.0635 e. The van der Waals surface area contributed by atoms with E-state index in [1.165, 1.54) is 24.0 Å². The van der Waals surface area contributed by atoms with Crippen LogP contribution in [0.25, 0.3) is 0 Å². The van der Waals surface area contributed by atoms with Crippen molar-refractivity contribution in [2.75, 3.05) is 6.54 Å². The van der Waals surface area contributed by atoms with Gasteiger partial charge in [-0.2, -0.15) is 5.26 Å². The van der Waals surface area contributed by atoms with Crippen LogP contribution in [0.5, 0.6) is 0 Å². The Labute approximate surface area is 97.3 Å². The van der Waals surface area contributed by atoms with Gasteiger partial charge in [0, 0.05) is 19.0 Å². The molecule has 16 heavy (non-hydrogen) atoms. The molecule has 1 aromatic carbocycles. The van der Waals surface area contributed by atoms with Gasteiger partial charge in [0.1, 0.15) is 0 Å². The molecule has 2 heteroatoms. The van der Waals surface area contributed by atoms with Crippen LogP contribution in [0, 0.1) is 11.3 Å². The van der Waals surface area contributed by atoms with Gasteiger partial charge in [-0.15, -0.1) is 0 Å². The first-order chi connectivity index (χ1) is 7.83. The zero-order valence-electron chi connectivity index (χ0n) is 9.74. The summed E-state index contributed by atoms with van der Waals surface area (Å²) < 4.78 is 0. The number of benzene rings is 1. The minimum atomic E-state index is 0.445. The molecule has 0 spiro atoms. The summed E-state index contributed by atoms with van der Waals surface area (Å²) in [7, 11) is 0. The van der Waals surface area contributed by atoms with Gasteiger partial charge in [-0.3, -0.25) is 0 Å². The molecule has 0 fully saturated rings. The van der Waals surface area contributed by atoms with E-state index in [0.29, 0.717) is 18.4 Å². The number of nitrogens with one attached hydrogen (secondary N) is 1. The summed E-state index contributed by atoms with van der Waals surface area (Å²) in [4.78, 5) is 0. The summed E-state index contributed by atoms with van der Waals surface area (Å²) in [6.45, 7) is 3.09. The predicted octanol–water partition coefficient (Wildman–Crippen LogP) is 3.13. The van der Waals surface area contributed by atoms with Gasteiger partial charge >= 0.3 is 0 Å². The Morgan fingerprint density at radius 3 is 2.81 bits per heavy atom. The normalized spacial score (nSPS) is 23.5. The molecule has 2 nitrogen and oxygen atoms in total. The fourth-order valence-corrected chi connectivity index (χ4v) is 2.52. The Kier molecular flexibility index (Phi) is 3.58. The lowest BCUT2D eigenvalue weighted by atomic mass is 9.81. The van der Waals surface area contributed by atoms with Crippen molar-refractivity contribution in [3.05, 3.63) is 35.4 Å². The van der Waals surface area contributed by atoms with E-state index in [-0.39, 0.29) is 0 Å². The molecule has 0 aliphatic heterocycles. The average molecular weight is 214 g/mol. The Bertz CT molecular complexity index is 392. The quantitative estimate of drug-likeness (QED) is 0.785. The molecule has 2 unspecified atom stereocenters. The number of hydrogen-bond donors (Lipinski definition) is 1. The maximum absolute atomic E-state index is 8.54. The maximum atomic E-state index is 8.54. The lowest BCUT2D eigenvalue weighted by molar-refractivity contribution is 0.436. The maximum Gasteiger partial charge on any atom is 0.0635 e. The van der Waals surface area contributed by atoms with Crippen LogP contribution in [0.3, 0.4) is 0 Å². The van der Waals surface area contributed by atoms with Crippen LogP contribution in [0.1, 0.15) is 49.3 Å². The highest BCUT2D eigenvalue weighted by Crippen LogP contribution is 2.36. The molecule has 84 valence electrons. The molecule has 1 aromatic rings. The lowest BCUT2D eigenvalue weighted by Crippen LogP contribution is -2.26. The number of hydrogen-bond acceptors (Lipinski definition) is 2. The van der Waals surface area contributed by atoms with E-state index >= 15 is 0 Å². The summed E-state index contributed by atoms with van der Waals surface area (Å²) in [5.41, 5.74) is 2.90. The Hall–Kier alpha value is -1.33. The SMILES string of the molecule is CC1CCC(NCCC#N)c2ccccc21. The highest BCUT2D eigenvalue weighted by atomic mass is 14.9. The second-order valence-electron chi connectivity index (χ2n) is 4.52. The first-order valence-electron chi connectivity index (χ1n) is 6.02. The second kappa shape index (κ2) is 5.14. The third kappa shape index (κ3) is 2.25. The third-order valence-corrected chi connectivity index (χ3v) is 3.42. The van der Waals surface area contributed by atoms with Gasteiger partial charge in [0.25, 0.3) is 0 Å². The van der Waals surface area contributed by atoms with Crippen LogP contribution in [0.2, 0.25) is 0 Å². The molecule has 0 saturated carbocycles. The topological polar surface area (TPSA) is 35.8 Å².